The summed E-state index contributed by atoms with van der Waals surface area (Å²) in [6.07, 6.45) is 4.34. The third kappa shape index (κ3) is 1.71. The normalized spacial score (nSPS) is 11.0. The number of nitrogens with two attached hydrogens (primary N) is 2. The minimum absolute atomic E-state index is 0.468. The van der Waals surface area contributed by atoms with Crippen molar-refractivity contribution in [3.63, 3.8) is 0 Å². The molecule has 2 heterocycles. The first kappa shape index (κ1) is 11.5. The molecule has 0 spiro atoms. The Balaban J connectivity index is 2.30. The number of aromatic nitrogens is 3. The van der Waals surface area contributed by atoms with Crippen molar-refractivity contribution in [1.29, 1.82) is 0 Å². The van der Waals surface area contributed by atoms with Crippen molar-refractivity contribution >= 4 is 16.6 Å². The summed E-state index contributed by atoms with van der Waals surface area (Å²) >= 11 is 0. The van der Waals surface area contributed by atoms with E-state index in [2.05, 4.69) is 9.97 Å². The SMILES string of the molecule is CCc1nc(-c2cncc3ccccc23)c(N)n1N. The fraction of sp³-hybridized carbons (Fsp3) is 0.143. The van der Waals surface area contributed by atoms with Crippen molar-refractivity contribution < 1.29 is 0 Å². The monoisotopic (exact) mass is 253 g/mol. The molecule has 0 bridgehead atoms. The van der Waals surface area contributed by atoms with Gasteiger partial charge in [-0.05, 0) is 5.39 Å². The van der Waals surface area contributed by atoms with Gasteiger partial charge in [-0.1, -0.05) is 31.2 Å². The second-order valence-electron chi connectivity index (χ2n) is 4.39. The summed E-state index contributed by atoms with van der Waals surface area (Å²) in [5.41, 5.74) is 7.66. The van der Waals surface area contributed by atoms with Gasteiger partial charge in [0.2, 0.25) is 0 Å². The Kier molecular flexibility index (Phi) is 2.59. The Morgan fingerprint density at radius 3 is 2.74 bits per heavy atom. The second kappa shape index (κ2) is 4.28. The maximum absolute atomic E-state index is 6.05. The van der Waals surface area contributed by atoms with Crippen LogP contribution < -0.4 is 11.6 Å². The molecule has 3 rings (SSSR count). The third-order valence-electron chi connectivity index (χ3n) is 3.26. The van der Waals surface area contributed by atoms with Crippen LogP contribution in [0.25, 0.3) is 22.0 Å². The molecule has 0 aliphatic heterocycles. The molecule has 0 fully saturated rings. The van der Waals surface area contributed by atoms with Gasteiger partial charge in [0.05, 0.1) is 0 Å². The highest BCUT2D eigenvalue weighted by molar-refractivity contribution is 5.96. The van der Waals surface area contributed by atoms with Crippen LogP contribution in [-0.4, -0.2) is 14.6 Å². The average Bonchev–Trinajstić information content (AvgIpc) is 2.74. The van der Waals surface area contributed by atoms with E-state index < -0.39 is 0 Å². The van der Waals surface area contributed by atoms with Crippen LogP contribution in [0.1, 0.15) is 12.7 Å². The second-order valence-corrected chi connectivity index (χ2v) is 4.39. The number of aryl methyl sites for hydroxylation is 1. The van der Waals surface area contributed by atoms with Gasteiger partial charge in [-0.15, -0.1) is 0 Å². The van der Waals surface area contributed by atoms with E-state index in [4.69, 9.17) is 11.6 Å². The van der Waals surface area contributed by atoms with Crippen LogP contribution in [0.4, 0.5) is 5.82 Å². The summed E-state index contributed by atoms with van der Waals surface area (Å²) in [6.45, 7) is 2.00. The van der Waals surface area contributed by atoms with Crippen molar-refractivity contribution in [2.75, 3.05) is 11.6 Å². The quantitative estimate of drug-likeness (QED) is 0.684. The Hall–Kier alpha value is -2.56. The van der Waals surface area contributed by atoms with E-state index in [1.165, 1.54) is 4.68 Å². The highest BCUT2D eigenvalue weighted by Gasteiger charge is 2.15. The molecule has 0 radical (unpaired) electrons. The van der Waals surface area contributed by atoms with Crippen LogP contribution >= 0.6 is 0 Å². The Labute approximate surface area is 110 Å². The number of hydrogen-bond acceptors (Lipinski definition) is 4. The molecule has 4 N–H and O–H groups in total. The predicted molar refractivity (Wildman–Crippen MR) is 76.9 cm³/mol. The molecule has 96 valence electrons. The first-order chi connectivity index (χ1) is 9.22. The molecule has 1 aromatic carbocycles. The lowest BCUT2D eigenvalue weighted by molar-refractivity contribution is 0.865. The van der Waals surface area contributed by atoms with Crippen molar-refractivity contribution in [1.82, 2.24) is 14.6 Å². The molecule has 5 nitrogen and oxygen atoms in total. The van der Waals surface area contributed by atoms with E-state index in [9.17, 15) is 0 Å². The van der Waals surface area contributed by atoms with E-state index >= 15 is 0 Å². The van der Waals surface area contributed by atoms with Gasteiger partial charge in [0, 0.05) is 29.8 Å². The zero-order valence-corrected chi connectivity index (χ0v) is 10.7. The number of rotatable bonds is 2. The van der Waals surface area contributed by atoms with E-state index in [1.807, 2.05) is 37.4 Å². The summed E-state index contributed by atoms with van der Waals surface area (Å²) in [5.74, 6) is 7.14. The molecule has 0 unspecified atom stereocenters. The van der Waals surface area contributed by atoms with Crippen LogP contribution in [0.2, 0.25) is 0 Å². The number of pyridine rings is 1. The average molecular weight is 253 g/mol. The van der Waals surface area contributed by atoms with Crippen LogP contribution in [0, 0.1) is 0 Å². The van der Waals surface area contributed by atoms with Crippen LogP contribution in [-0.2, 0) is 6.42 Å². The third-order valence-corrected chi connectivity index (χ3v) is 3.26. The lowest BCUT2D eigenvalue weighted by Gasteiger charge is -2.04. The highest BCUT2D eigenvalue weighted by atomic mass is 15.4. The number of fused-ring (bicyclic) bond motifs is 1. The molecule has 0 aliphatic carbocycles. The van der Waals surface area contributed by atoms with Gasteiger partial charge in [-0.2, -0.15) is 0 Å². The molecule has 0 saturated carbocycles. The van der Waals surface area contributed by atoms with Gasteiger partial charge in [-0.25, -0.2) is 9.66 Å². The zero-order chi connectivity index (χ0) is 13.4. The topological polar surface area (TPSA) is 82.8 Å². The number of hydrogen-bond donors (Lipinski definition) is 2. The summed E-state index contributed by atoms with van der Waals surface area (Å²) in [5, 5.41) is 2.13. The summed E-state index contributed by atoms with van der Waals surface area (Å²) in [4.78, 5) is 8.77. The van der Waals surface area contributed by atoms with Crippen LogP contribution in [0.5, 0.6) is 0 Å². The highest BCUT2D eigenvalue weighted by Crippen LogP contribution is 2.30. The smallest absolute Gasteiger partial charge is 0.150 e. The molecule has 2 aromatic heterocycles. The maximum Gasteiger partial charge on any atom is 0.150 e. The van der Waals surface area contributed by atoms with E-state index in [0.29, 0.717) is 11.5 Å². The number of benzene rings is 1. The molecule has 0 saturated heterocycles. The van der Waals surface area contributed by atoms with Gasteiger partial charge < -0.3 is 11.6 Å². The van der Waals surface area contributed by atoms with Gasteiger partial charge in [-0.3, -0.25) is 4.98 Å². The van der Waals surface area contributed by atoms with Crippen LogP contribution in [0.3, 0.4) is 0 Å². The van der Waals surface area contributed by atoms with E-state index in [-0.39, 0.29) is 0 Å². The molecular weight excluding hydrogens is 238 g/mol. The van der Waals surface area contributed by atoms with Crippen LogP contribution in [0.15, 0.2) is 36.7 Å². The lowest BCUT2D eigenvalue weighted by atomic mass is 10.1. The van der Waals surface area contributed by atoms with Gasteiger partial charge in [0.15, 0.2) is 5.82 Å². The first-order valence-electron chi connectivity index (χ1n) is 6.17. The Morgan fingerprint density at radius 2 is 2.00 bits per heavy atom. The predicted octanol–water partition coefficient (Wildman–Crippen LogP) is 1.96. The summed E-state index contributed by atoms with van der Waals surface area (Å²) in [6, 6.07) is 8.02. The van der Waals surface area contributed by atoms with Crippen molar-refractivity contribution in [3.05, 3.63) is 42.5 Å². The minimum atomic E-state index is 0.468. The van der Waals surface area contributed by atoms with Gasteiger partial charge in [0.1, 0.15) is 11.5 Å². The first-order valence-corrected chi connectivity index (χ1v) is 6.17. The summed E-state index contributed by atoms with van der Waals surface area (Å²) in [7, 11) is 0. The number of nitrogens with zero attached hydrogens (tertiary/aromatic N) is 3. The zero-order valence-electron chi connectivity index (χ0n) is 10.7. The summed E-state index contributed by atoms with van der Waals surface area (Å²) < 4.78 is 1.44. The molecule has 5 heteroatoms. The number of nitrogen functional groups attached to an aromatic ring is 2. The molecule has 0 atom stereocenters. The minimum Gasteiger partial charge on any atom is -0.382 e. The fourth-order valence-electron chi connectivity index (χ4n) is 2.25. The molecule has 19 heavy (non-hydrogen) atoms. The largest absolute Gasteiger partial charge is 0.382 e. The Morgan fingerprint density at radius 1 is 1.21 bits per heavy atom. The van der Waals surface area contributed by atoms with Crippen molar-refractivity contribution in [2.24, 2.45) is 0 Å². The maximum atomic E-state index is 6.05. The van der Waals surface area contributed by atoms with Crippen molar-refractivity contribution in [2.45, 2.75) is 13.3 Å². The van der Waals surface area contributed by atoms with Gasteiger partial charge in [0.25, 0.3) is 0 Å². The van der Waals surface area contributed by atoms with E-state index in [1.54, 1.807) is 6.20 Å². The molecule has 3 aromatic rings. The molecule has 0 aliphatic rings. The Bertz CT molecular complexity index is 739. The van der Waals surface area contributed by atoms with E-state index in [0.717, 1.165) is 28.6 Å². The fourth-order valence-corrected chi connectivity index (χ4v) is 2.25. The lowest BCUT2D eigenvalue weighted by Crippen LogP contribution is -2.14. The number of anilines is 1. The van der Waals surface area contributed by atoms with Gasteiger partial charge >= 0.3 is 0 Å². The van der Waals surface area contributed by atoms with Crippen molar-refractivity contribution in [3.8, 4) is 11.3 Å². The number of imidazole rings is 1. The molecular formula is C14H15N5. The standard InChI is InChI=1S/C14H15N5/c1-2-12-18-13(14(15)19(12)16)11-8-17-7-9-5-3-4-6-10(9)11/h3-8H,2,15-16H2,1H3. The molecule has 0 amide bonds.